The number of nitrogens with zero attached hydrogens (tertiary/aromatic N) is 3. The summed E-state index contributed by atoms with van der Waals surface area (Å²) in [5.41, 5.74) is 2.19. The fourth-order valence-electron chi connectivity index (χ4n) is 2.26. The van der Waals surface area contributed by atoms with Gasteiger partial charge in [0.05, 0.1) is 6.20 Å². The summed E-state index contributed by atoms with van der Waals surface area (Å²) in [6, 6.07) is 0. The summed E-state index contributed by atoms with van der Waals surface area (Å²) in [7, 11) is 1.90. The van der Waals surface area contributed by atoms with Crippen molar-refractivity contribution in [2.45, 2.75) is 26.8 Å². The van der Waals surface area contributed by atoms with Crippen LogP contribution >= 0.6 is 11.8 Å². The van der Waals surface area contributed by atoms with Crippen LogP contribution in [0.1, 0.15) is 24.6 Å². The van der Waals surface area contributed by atoms with Gasteiger partial charge in [0.2, 0.25) is 5.91 Å². The highest BCUT2D eigenvalue weighted by Gasteiger charge is 2.30. The first-order valence-electron chi connectivity index (χ1n) is 6.36. The SMILES string of the molecule is CC(=O)SCC1CC(=O)N(Cc2cnn(C)c2C)C1. The molecule has 1 unspecified atom stereocenters. The number of thioether (sulfide) groups is 1. The fourth-order valence-corrected chi connectivity index (χ4v) is 2.95. The van der Waals surface area contributed by atoms with Gasteiger partial charge in [-0.15, -0.1) is 0 Å². The Morgan fingerprint density at radius 3 is 2.89 bits per heavy atom. The van der Waals surface area contributed by atoms with Gasteiger partial charge in [-0.2, -0.15) is 5.10 Å². The van der Waals surface area contributed by atoms with E-state index in [-0.39, 0.29) is 11.0 Å². The first-order valence-corrected chi connectivity index (χ1v) is 7.34. The smallest absolute Gasteiger partial charge is 0.223 e. The van der Waals surface area contributed by atoms with Crippen LogP contribution in [0.15, 0.2) is 6.20 Å². The van der Waals surface area contributed by atoms with Crippen molar-refractivity contribution in [1.29, 1.82) is 0 Å². The molecule has 1 atom stereocenters. The van der Waals surface area contributed by atoms with E-state index in [4.69, 9.17) is 0 Å². The number of likely N-dealkylation sites (tertiary alicyclic amines) is 1. The second-order valence-electron chi connectivity index (χ2n) is 5.03. The summed E-state index contributed by atoms with van der Waals surface area (Å²) < 4.78 is 1.82. The minimum Gasteiger partial charge on any atom is -0.338 e. The van der Waals surface area contributed by atoms with Crippen LogP contribution in [0.5, 0.6) is 0 Å². The molecule has 0 spiro atoms. The Balaban J connectivity index is 1.93. The number of amides is 1. The summed E-state index contributed by atoms with van der Waals surface area (Å²) in [6.45, 7) is 4.94. The Morgan fingerprint density at radius 2 is 2.32 bits per heavy atom. The van der Waals surface area contributed by atoms with Gasteiger partial charge in [-0.3, -0.25) is 14.3 Å². The topological polar surface area (TPSA) is 55.2 Å². The quantitative estimate of drug-likeness (QED) is 0.836. The van der Waals surface area contributed by atoms with E-state index < -0.39 is 0 Å². The van der Waals surface area contributed by atoms with Crippen molar-refractivity contribution in [3.8, 4) is 0 Å². The Labute approximate surface area is 117 Å². The summed E-state index contributed by atoms with van der Waals surface area (Å²) in [6.07, 6.45) is 2.37. The number of rotatable bonds is 4. The molecular formula is C13H19N3O2S. The molecule has 1 aliphatic rings. The van der Waals surface area contributed by atoms with Crippen molar-refractivity contribution in [3.05, 3.63) is 17.5 Å². The van der Waals surface area contributed by atoms with Crippen molar-refractivity contribution in [2.24, 2.45) is 13.0 Å². The molecule has 0 saturated carbocycles. The average molecular weight is 281 g/mol. The monoisotopic (exact) mass is 281 g/mol. The molecule has 1 amide bonds. The summed E-state index contributed by atoms with van der Waals surface area (Å²) >= 11 is 1.31. The number of carbonyl (C=O) groups excluding carboxylic acids is 2. The van der Waals surface area contributed by atoms with Crippen LogP contribution in [0.25, 0.3) is 0 Å². The standard InChI is InChI=1S/C13H19N3O2S/c1-9-12(5-14-15(9)3)7-16-6-11(4-13(16)18)8-19-10(2)17/h5,11H,4,6-8H2,1-3H3. The van der Waals surface area contributed by atoms with E-state index in [0.717, 1.165) is 23.6 Å². The minimum atomic E-state index is 0.119. The van der Waals surface area contributed by atoms with Gasteiger partial charge < -0.3 is 4.90 Å². The van der Waals surface area contributed by atoms with Gasteiger partial charge in [-0.25, -0.2) is 0 Å². The van der Waals surface area contributed by atoms with Gasteiger partial charge in [-0.05, 0) is 12.8 Å². The van der Waals surface area contributed by atoms with Crippen molar-refractivity contribution in [1.82, 2.24) is 14.7 Å². The third-order valence-corrected chi connectivity index (χ3v) is 4.56. The second kappa shape index (κ2) is 5.77. The third-order valence-electron chi connectivity index (χ3n) is 3.51. The van der Waals surface area contributed by atoms with Crippen molar-refractivity contribution in [2.75, 3.05) is 12.3 Å². The lowest BCUT2D eigenvalue weighted by molar-refractivity contribution is -0.128. The number of hydrogen-bond acceptors (Lipinski definition) is 4. The van der Waals surface area contributed by atoms with Crippen LogP contribution in [-0.4, -0.2) is 38.0 Å². The predicted molar refractivity (Wildman–Crippen MR) is 74.6 cm³/mol. The zero-order chi connectivity index (χ0) is 14.0. The van der Waals surface area contributed by atoms with E-state index in [2.05, 4.69) is 5.10 Å². The van der Waals surface area contributed by atoms with Gasteiger partial charge in [0.25, 0.3) is 0 Å². The Kier molecular flexibility index (Phi) is 4.29. The number of aryl methyl sites for hydroxylation is 1. The van der Waals surface area contributed by atoms with Gasteiger partial charge >= 0.3 is 0 Å². The molecule has 0 bridgehead atoms. The molecule has 5 nitrogen and oxygen atoms in total. The zero-order valence-electron chi connectivity index (χ0n) is 11.5. The highest BCUT2D eigenvalue weighted by atomic mass is 32.2. The van der Waals surface area contributed by atoms with Gasteiger partial charge in [0, 0.05) is 50.5 Å². The van der Waals surface area contributed by atoms with Gasteiger partial charge in [0.1, 0.15) is 0 Å². The van der Waals surface area contributed by atoms with E-state index in [9.17, 15) is 9.59 Å². The van der Waals surface area contributed by atoms with E-state index in [1.54, 1.807) is 6.92 Å². The molecule has 0 aliphatic carbocycles. The molecule has 0 aromatic carbocycles. The van der Waals surface area contributed by atoms with Crippen LogP contribution in [0.2, 0.25) is 0 Å². The molecule has 1 saturated heterocycles. The molecule has 0 N–H and O–H groups in total. The molecule has 2 rings (SSSR count). The molecule has 1 aromatic heterocycles. The van der Waals surface area contributed by atoms with E-state index >= 15 is 0 Å². The largest absolute Gasteiger partial charge is 0.338 e. The maximum atomic E-state index is 12.0. The van der Waals surface area contributed by atoms with Crippen molar-refractivity contribution >= 4 is 22.8 Å². The predicted octanol–water partition coefficient (Wildman–Crippen LogP) is 1.36. The normalized spacial score (nSPS) is 19.2. The van der Waals surface area contributed by atoms with Crippen LogP contribution in [-0.2, 0) is 23.2 Å². The molecule has 19 heavy (non-hydrogen) atoms. The van der Waals surface area contributed by atoms with E-state index in [1.165, 1.54) is 11.8 Å². The molecule has 2 heterocycles. The number of carbonyl (C=O) groups is 2. The lowest BCUT2D eigenvalue weighted by Gasteiger charge is -2.16. The van der Waals surface area contributed by atoms with Crippen molar-refractivity contribution in [3.63, 3.8) is 0 Å². The van der Waals surface area contributed by atoms with Gasteiger partial charge in [-0.1, -0.05) is 11.8 Å². The fraction of sp³-hybridized carbons (Fsp3) is 0.615. The van der Waals surface area contributed by atoms with Crippen molar-refractivity contribution < 1.29 is 9.59 Å². The Bertz CT molecular complexity index is 498. The molecule has 1 aliphatic heterocycles. The highest BCUT2D eigenvalue weighted by molar-refractivity contribution is 8.13. The maximum absolute atomic E-state index is 12.0. The minimum absolute atomic E-state index is 0.119. The lowest BCUT2D eigenvalue weighted by atomic mass is 10.1. The molecule has 0 radical (unpaired) electrons. The first kappa shape index (κ1) is 14.1. The van der Waals surface area contributed by atoms with Crippen LogP contribution in [0.4, 0.5) is 0 Å². The molecule has 1 aromatic rings. The second-order valence-corrected chi connectivity index (χ2v) is 6.22. The molecule has 6 heteroatoms. The van der Waals surface area contributed by atoms with Crippen LogP contribution in [0.3, 0.4) is 0 Å². The van der Waals surface area contributed by atoms with Crippen LogP contribution in [0, 0.1) is 12.8 Å². The number of hydrogen-bond donors (Lipinski definition) is 0. The number of aromatic nitrogens is 2. The van der Waals surface area contributed by atoms with Crippen LogP contribution < -0.4 is 0 Å². The van der Waals surface area contributed by atoms with Gasteiger partial charge in [0.15, 0.2) is 5.12 Å². The Hall–Kier alpha value is -1.30. The Morgan fingerprint density at radius 1 is 1.58 bits per heavy atom. The first-order chi connectivity index (χ1) is 8.97. The molecule has 1 fully saturated rings. The summed E-state index contributed by atoms with van der Waals surface area (Å²) in [5, 5.41) is 4.31. The third kappa shape index (κ3) is 3.37. The maximum Gasteiger partial charge on any atom is 0.223 e. The zero-order valence-corrected chi connectivity index (χ0v) is 12.4. The highest BCUT2D eigenvalue weighted by Crippen LogP contribution is 2.24. The molecular weight excluding hydrogens is 262 g/mol. The summed E-state index contributed by atoms with van der Waals surface area (Å²) in [5.74, 6) is 1.21. The summed E-state index contributed by atoms with van der Waals surface area (Å²) in [4.78, 5) is 24.8. The average Bonchev–Trinajstić information content (AvgIpc) is 2.85. The lowest BCUT2D eigenvalue weighted by Crippen LogP contribution is -2.25. The molecule has 104 valence electrons. The van der Waals surface area contributed by atoms with E-state index in [0.29, 0.717) is 18.9 Å². The van der Waals surface area contributed by atoms with E-state index in [1.807, 2.05) is 29.7 Å².